The molecule has 0 aromatic heterocycles. The number of hydrogen-bond acceptors (Lipinski definition) is 6. The third kappa shape index (κ3) is 4.34. The van der Waals surface area contributed by atoms with Crippen molar-refractivity contribution in [2.75, 3.05) is 6.61 Å². The highest BCUT2D eigenvalue weighted by Crippen LogP contribution is 2.38. The number of likely N-dealkylation sites (tertiary alicyclic amines) is 1. The maximum Gasteiger partial charge on any atom is 0.329 e. The molecule has 1 saturated heterocycles. The molecule has 2 aliphatic carbocycles. The number of ether oxygens (including phenoxy) is 1. The van der Waals surface area contributed by atoms with E-state index in [1.54, 1.807) is 0 Å². The number of fused-ring (bicyclic) bond motifs is 1. The molecule has 3 aliphatic rings. The summed E-state index contributed by atoms with van der Waals surface area (Å²) in [7, 11) is 0. The first kappa shape index (κ1) is 20.3. The topological polar surface area (TPSA) is 122 Å². The Morgan fingerprint density at radius 2 is 1.54 bits per heavy atom. The van der Waals surface area contributed by atoms with E-state index in [1.807, 2.05) is 0 Å². The smallest absolute Gasteiger partial charge is 0.329 e. The van der Waals surface area contributed by atoms with Crippen LogP contribution in [-0.2, 0) is 23.9 Å². The van der Waals surface area contributed by atoms with Crippen molar-refractivity contribution in [1.29, 1.82) is 0 Å². The molecule has 1 heterocycles. The molecule has 3 fully saturated rings. The lowest BCUT2D eigenvalue weighted by Crippen LogP contribution is -2.47. The minimum atomic E-state index is -1.09. The van der Waals surface area contributed by atoms with Gasteiger partial charge in [-0.15, -0.1) is 0 Å². The molecule has 0 aromatic rings. The summed E-state index contributed by atoms with van der Waals surface area (Å²) in [5, 5.41) is 4.81. The number of carbonyl (C=O) groups excluding carboxylic acids is 5. The Balaban J connectivity index is 1.46. The number of imide groups is 2. The van der Waals surface area contributed by atoms with E-state index < -0.39 is 30.6 Å². The second kappa shape index (κ2) is 8.70. The van der Waals surface area contributed by atoms with Crippen LogP contribution in [0.2, 0.25) is 0 Å². The van der Waals surface area contributed by atoms with E-state index in [4.69, 9.17) is 4.74 Å². The molecule has 0 aromatic carbocycles. The van der Waals surface area contributed by atoms with Gasteiger partial charge in [0.15, 0.2) is 6.61 Å². The number of hydrogen-bond donors (Lipinski definition) is 2. The number of nitrogens with one attached hydrogen (secondary N) is 2. The van der Waals surface area contributed by atoms with Crippen LogP contribution in [-0.4, -0.2) is 53.3 Å². The lowest BCUT2D eigenvalue weighted by Gasteiger charge is -2.21. The molecule has 2 N–H and O–H groups in total. The van der Waals surface area contributed by atoms with Crippen LogP contribution < -0.4 is 10.6 Å². The summed E-state index contributed by atoms with van der Waals surface area (Å²) in [5.41, 5.74) is 0. The van der Waals surface area contributed by atoms with Crippen molar-refractivity contribution in [2.45, 2.75) is 70.4 Å². The predicted octanol–water partition coefficient (Wildman–Crippen LogP) is 0.862. The lowest BCUT2D eigenvalue weighted by molar-refractivity contribution is -0.159. The second-order valence-corrected chi connectivity index (χ2v) is 7.83. The van der Waals surface area contributed by atoms with Crippen LogP contribution in [0.4, 0.5) is 4.79 Å². The summed E-state index contributed by atoms with van der Waals surface area (Å²) < 4.78 is 4.92. The Morgan fingerprint density at radius 1 is 1.00 bits per heavy atom. The summed E-state index contributed by atoms with van der Waals surface area (Å²) in [6, 6.07) is -1.65. The van der Waals surface area contributed by atoms with Crippen molar-refractivity contribution in [1.82, 2.24) is 15.5 Å². The van der Waals surface area contributed by atoms with Gasteiger partial charge in [0, 0.05) is 6.04 Å². The highest BCUT2D eigenvalue weighted by atomic mass is 16.5. The fraction of sp³-hybridized carbons (Fsp3) is 0.737. The van der Waals surface area contributed by atoms with Crippen molar-refractivity contribution in [3.8, 4) is 0 Å². The summed E-state index contributed by atoms with van der Waals surface area (Å²) in [6.45, 7) is 0.768. The Morgan fingerprint density at radius 3 is 2.11 bits per heavy atom. The zero-order valence-electron chi connectivity index (χ0n) is 16.1. The van der Waals surface area contributed by atoms with Gasteiger partial charge in [-0.05, 0) is 32.6 Å². The van der Waals surface area contributed by atoms with E-state index >= 15 is 0 Å². The normalized spacial score (nSPS) is 26.0. The number of rotatable bonds is 5. The van der Waals surface area contributed by atoms with Crippen molar-refractivity contribution >= 4 is 29.7 Å². The molecule has 0 spiro atoms. The van der Waals surface area contributed by atoms with E-state index in [1.165, 1.54) is 6.92 Å². The van der Waals surface area contributed by atoms with Gasteiger partial charge in [-0.1, -0.05) is 25.7 Å². The Bertz CT molecular complexity index is 649. The first-order valence-corrected chi connectivity index (χ1v) is 10.0. The first-order valence-electron chi connectivity index (χ1n) is 10.0. The fourth-order valence-electron chi connectivity index (χ4n) is 4.39. The molecule has 0 radical (unpaired) electrons. The molecule has 154 valence electrons. The van der Waals surface area contributed by atoms with Crippen LogP contribution >= 0.6 is 0 Å². The molecule has 1 aliphatic heterocycles. The van der Waals surface area contributed by atoms with Gasteiger partial charge < -0.3 is 10.1 Å². The molecule has 5 amide bonds. The minimum Gasteiger partial charge on any atom is -0.454 e. The van der Waals surface area contributed by atoms with Crippen molar-refractivity contribution in [3.63, 3.8) is 0 Å². The zero-order valence-corrected chi connectivity index (χ0v) is 16.1. The molecular weight excluding hydrogens is 366 g/mol. The van der Waals surface area contributed by atoms with E-state index in [9.17, 15) is 24.0 Å². The van der Waals surface area contributed by atoms with Crippen LogP contribution in [0, 0.1) is 11.8 Å². The summed E-state index contributed by atoms with van der Waals surface area (Å²) >= 11 is 0. The van der Waals surface area contributed by atoms with E-state index in [0.29, 0.717) is 12.8 Å². The third-order valence-electron chi connectivity index (χ3n) is 5.89. The van der Waals surface area contributed by atoms with Gasteiger partial charge in [0.2, 0.25) is 11.8 Å². The average Bonchev–Trinajstić information content (AvgIpc) is 3.26. The highest BCUT2D eigenvalue weighted by molar-refractivity contribution is 6.08. The number of urea groups is 1. The van der Waals surface area contributed by atoms with Gasteiger partial charge in [0.05, 0.1) is 11.8 Å². The summed E-state index contributed by atoms with van der Waals surface area (Å²) in [4.78, 5) is 61.8. The number of carbonyl (C=O) groups is 5. The Hall–Kier alpha value is -2.45. The van der Waals surface area contributed by atoms with Gasteiger partial charge in [0.1, 0.15) is 6.04 Å². The van der Waals surface area contributed by atoms with E-state index in [2.05, 4.69) is 10.6 Å². The zero-order chi connectivity index (χ0) is 20.3. The van der Waals surface area contributed by atoms with Crippen LogP contribution in [0.1, 0.15) is 58.3 Å². The molecule has 3 atom stereocenters. The predicted molar refractivity (Wildman–Crippen MR) is 96.7 cm³/mol. The standard InChI is InChI=1S/C19H27N3O6/c1-11(22-16(24)13-8-4-5-9-14(13)17(22)25)18(26)28-10-15(23)21-19(27)20-12-6-2-3-7-12/h11-14H,2-10H2,1H3,(H2,20,21,23,27)/t11-,13-,14+/m0/s1. The molecule has 3 rings (SSSR count). The maximum absolute atomic E-state index is 12.5. The van der Waals surface area contributed by atoms with Crippen LogP contribution in [0.15, 0.2) is 0 Å². The molecule has 9 nitrogen and oxygen atoms in total. The number of nitrogens with zero attached hydrogens (tertiary/aromatic N) is 1. The lowest BCUT2D eigenvalue weighted by atomic mass is 9.81. The Labute approximate surface area is 163 Å². The molecule has 0 bridgehead atoms. The van der Waals surface area contributed by atoms with Crippen molar-refractivity contribution in [2.24, 2.45) is 11.8 Å². The molecule has 28 heavy (non-hydrogen) atoms. The summed E-state index contributed by atoms with van der Waals surface area (Å²) in [5.74, 6) is -2.97. The Kier molecular flexibility index (Phi) is 6.31. The van der Waals surface area contributed by atoms with Crippen LogP contribution in [0.3, 0.4) is 0 Å². The largest absolute Gasteiger partial charge is 0.454 e. The number of esters is 1. The quantitative estimate of drug-likeness (QED) is 0.528. The minimum absolute atomic E-state index is 0.0612. The van der Waals surface area contributed by atoms with Gasteiger partial charge >= 0.3 is 12.0 Å². The third-order valence-corrected chi connectivity index (χ3v) is 5.89. The summed E-state index contributed by atoms with van der Waals surface area (Å²) in [6.07, 6.45) is 6.97. The van der Waals surface area contributed by atoms with Crippen LogP contribution in [0.25, 0.3) is 0 Å². The molecule has 0 unspecified atom stereocenters. The van der Waals surface area contributed by atoms with Crippen molar-refractivity contribution in [3.05, 3.63) is 0 Å². The monoisotopic (exact) mass is 393 g/mol. The van der Waals surface area contributed by atoms with E-state index in [-0.39, 0.29) is 29.7 Å². The van der Waals surface area contributed by atoms with E-state index in [0.717, 1.165) is 43.4 Å². The van der Waals surface area contributed by atoms with Gasteiger partial charge in [-0.25, -0.2) is 9.59 Å². The SMILES string of the molecule is C[C@@H](C(=O)OCC(=O)NC(=O)NC1CCCC1)N1C(=O)[C@H]2CCCC[C@H]2C1=O. The maximum atomic E-state index is 12.5. The van der Waals surface area contributed by atoms with Crippen LogP contribution in [0.5, 0.6) is 0 Å². The van der Waals surface area contributed by atoms with Crippen molar-refractivity contribution < 1.29 is 28.7 Å². The molecule has 9 heteroatoms. The molecule has 2 saturated carbocycles. The van der Waals surface area contributed by atoms with Gasteiger partial charge in [-0.2, -0.15) is 0 Å². The second-order valence-electron chi connectivity index (χ2n) is 7.83. The fourth-order valence-corrected chi connectivity index (χ4v) is 4.39. The van der Waals surface area contributed by atoms with Gasteiger partial charge in [-0.3, -0.25) is 24.6 Å². The highest BCUT2D eigenvalue weighted by Gasteiger charge is 2.51. The molecular formula is C19H27N3O6. The van der Waals surface area contributed by atoms with Gasteiger partial charge in [0.25, 0.3) is 5.91 Å². The average molecular weight is 393 g/mol. The number of amides is 5. The first-order chi connectivity index (χ1) is 13.4.